The normalized spacial score (nSPS) is 13.0. The van der Waals surface area contributed by atoms with Crippen LogP contribution in [-0.4, -0.2) is 12.3 Å². The predicted molar refractivity (Wildman–Crippen MR) is 37.0 cm³/mol. The topological polar surface area (TPSA) is 38.4 Å². The summed E-state index contributed by atoms with van der Waals surface area (Å²) >= 11 is 0. The van der Waals surface area contributed by atoms with Crippen LogP contribution in [0.4, 0.5) is 0 Å². The van der Waals surface area contributed by atoms with Crippen LogP contribution >= 0.6 is 0 Å². The molecule has 0 fully saturated rings. The highest BCUT2D eigenvalue weighted by Gasteiger charge is 1.75. The van der Waals surface area contributed by atoms with Crippen molar-refractivity contribution in [1.29, 1.82) is 0 Å². The second-order valence-electron chi connectivity index (χ2n) is 1.47. The molecule has 0 aromatic carbocycles. The number of aliphatic imine (C=N–C) groups is 1. The largest absolute Gasteiger partial charge is 0.405 e. The van der Waals surface area contributed by atoms with Crippen LogP contribution in [-0.2, 0) is 0 Å². The second kappa shape index (κ2) is 4.37. The molecule has 2 heteroatoms. The molecule has 0 aliphatic rings. The molecule has 2 N–H and O–H groups in total. The molecule has 0 rings (SSSR count). The van der Waals surface area contributed by atoms with Gasteiger partial charge in [-0.3, -0.25) is 4.99 Å². The highest BCUT2D eigenvalue weighted by molar-refractivity contribution is 5.92. The standard InChI is InChI=1S/C6H12N2/c1-3-8-6(2)4-5-7/h4-5H,3,7H2,1-2H3/b5-4-,8-6-. The van der Waals surface area contributed by atoms with Crippen molar-refractivity contribution in [3.8, 4) is 0 Å². The van der Waals surface area contributed by atoms with Gasteiger partial charge in [0.2, 0.25) is 0 Å². The summed E-state index contributed by atoms with van der Waals surface area (Å²) < 4.78 is 0. The average molecular weight is 112 g/mol. The molecule has 0 aromatic heterocycles. The van der Waals surface area contributed by atoms with Gasteiger partial charge >= 0.3 is 0 Å². The fourth-order valence-corrected chi connectivity index (χ4v) is 0.441. The molecule has 0 radical (unpaired) electrons. The number of hydrogen-bond donors (Lipinski definition) is 1. The molecule has 0 atom stereocenters. The maximum absolute atomic E-state index is 5.10. The second-order valence-corrected chi connectivity index (χ2v) is 1.47. The van der Waals surface area contributed by atoms with Gasteiger partial charge in [-0.1, -0.05) is 0 Å². The number of rotatable bonds is 2. The van der Waals surface area contributed by atoms with Gasteiger partial charge in [0.1, 0.15) is 0 Å². The smallest absolute Gasteiger partial charge is 0.0364 e. The van der Waals surface area contributed by atoms with Crippen molar-refractivity contribution in [3.05, 3.63) is 12.3 Å². The average Bonchev–Trinajstić information content (AvgIpc) is 1.68. The van der Waals surface area contributed by atoms with Crippen molar-refractivity contribution in [2.45, 2.75) is 13.8 Å². The first kappa shape index (κ1) is 7.21. The Bertz CT molecular complexity index is 103. The third-order valence-corrected chi connectivity index (χ3v) is 0.745. The van der Waals surface area contributed by atoms with Crippen LogP contribution < -0.4 is 5.73 Å². The van der Waals surface area contributed by atoms with Crippen LogP contribution in [0.25, 0.3) is 0 Å². The molecule has 8 heavy (non-hydrogen) atoms. The molecule has 0 unspecified atom stereocenters. The molecule has 0 bridgehead atoms. The summed E-state index contributed by atoms with van der Waals surface area (Å²) in [4.78, 5) is 4.06. The van der Waals surface area contributed by atoms with Gasteiger partial charge < -0.3 is 5.73 Å². The van der Waals surface area contributed by atoms with Crippen molar-refractivity contribution < 1.29 is 0 Å². The van der Waals surface area contributed by atoms with Crippen LogP contribution in [0.2, 0.25) is 0 Å². The zero-order valence-electron chi connectivity index (χ0n) is 5.39. The van der Waals surface area contributed by atoms with E-state index >= 15 is 0 Å². The van der Waals surface area contributed by atoms with E-state index in [9.17, 15) is 0 Å². The molecular formula is C6H12N2. The van der Waals surface area contributed by atoms with E-state index in [4.69, 9.17) is 5.73 Å². The minimum Gasteiger partial charge on any atom is -0.405 e. The van der Waals surface area contributed by atoms with E-state index in [0.717, 1.165) is 12.3 Å². The van der Waals surface area contributed by atoms with Crippen LogP contribution in [0.3, 0.4) is 0 Å². The number of hydrogen-bond acceptors (Lipinski definition) is 2. The summed E-state index contributed by atoms with van der Waals surface area (Å²) in [7, 11) is 0. The molecule has 0 saturated heterocycles. The van der Waals surface area contributed by atoms with E-state index in [1.165, 1.54) is 6.20 Å². The van der Waals surface area contributed by atoms with E-state index in [1.54, 1.807) is 6.08 Å². The maximum Gasteiger partial charge on any atom is 0.0364 e. The van der Waals surface area contributed by atoms with Gasteiger partial charge in [0, 0.05) is 12.3 Å². The van der Waals surface area contributed by atoms with Crippen molar-refractivity contribution in [2.75, 3.05) is 6.54 Å². The lowest BCUT2D eigenvalue weighted by molar-refractivity contribution is 1.13. The van der Waals surface area contributed by atoms with Crippen LogP contribution in [0.1, 0.15) is 13.8 Å². The van der Waals surface area contributed by atoms with Crippen LogP contribution in [0, 0.1) is 0 Å². The fourth-order valence-electron chi connectivity index (χ4n) is 0.441. The molecule has 0 aliphatic carbocycles. The van der Waals surface area contributed by atoms with Gasteiger partial charge in [0.05, 0.1) is 0 Å². The highest BCUT2D eigenvalue weighted by atomic mass is 14.7. The van der Waals surface area contributed by atoms with E-state index < -0.39 is 0 Å². The molecule has 0 heterocycles. The van der Waals surface area contributed by atoms with Gasteiger partial charge in [0.15, 0.2) is 0 Å². The Labute approximate surface area is 50.1 Å². The SMILES string of the molecule is CC/N=C(C)\C=C/N. The quantitative estimate of drug-likeness (QED) is 0.530. The molecule has 0 aromatic rings. The Hall–Kier alpha value is -0.790. The summed E-state index contributed by atoms with van der Waals surface area (Å²) in [5.41, 5.74) is 6.08. The Morgan fingerprint density at radius 3 is 2.75 bits per heavy atom. The van der Waals surface area contributed by atoms with Crippen molar-refractivity contribution in [1.82, 2.24) is 0 Å². The highest BCUT2D eigenvalue weighted by Crippen LogP contribution is 1.77. The fraction of sp³-hybridized carbons (Fsp3) is 0.500. The van der Waals surface area contributed by atoms with Crippen molar-refractivity contribution >= 4 is 5.71 Å². The van der Waals surface area contributed by atoms with Gasteiger partial charge in [0.25, 0.3) is 0 Å². The summed E-state index contributed by atoms with van der Waals surface area (Å²) in [6.07, 6.45) is 3.28. The Morgan fingerprint density at radius 1 is 1.75 bits per heavy atom. The monoisotopic (exact) mass is 112 g/mol. The van der Waals surface area contributed by atoms with E-state index in [0.29, 0.717) is 0 Å². The minimum atomic E-state index is 0.830. The lowest BCUT2D eigenvalue weighted by Crippen LogP contribution is -1.87. The maximum atomic E-state index is 5.10. The number of nitrogens with zero attached hydrogens (tertiary/aromatic N) is 1. The first-order chi connectivity index (χ1) is 3.81. The minimum absolute atomic E-state index is 0.830. The first-order valence-electron chi connectivity index (χ1n) is 2.70. The van der Waals surface area contributed by atoms with Gasteiger partial charge in [-0.05, 0) is 26.1 Å². The van der Waals surface area contributed by atoms with Gasteiger partial charge in [-0.2, -0.15) is 0 Å². The lowest BCUT2D eigenvalue weighted by atomic mass is 10.4. The van der Waals surface area contributed by atoms with Gasteiger partial charge in [-0.15, -0.1) is 0 Å². The molecule has 2 nitrogen and oxygen atoms in total. The summed E-state index contributed by atoms with van der Waals surface area (Å²) in [6, 6.07) is 0. The zero-order valence-corrected chi connectivity index (χ0v) is 5.39. The summed E-state index contributed by atoms with van der Waals surface area (Å²) in [5, 5.41) is 0. The van der Waals surface area contributed by atoms with E-state index in [1.807, 2.05) is 13.8 Å². The molecule has 0 saturated carbocycles. The molecule has 0 spiro atoms. The number of nitrogens with two attached hydrogens (primary N) is 1. The molecule has 0 aliphatic heterocycles. The number of allylic oxidation sites excluding steroid dienone is 1. The summed E-state index contributed by atoms with van der Waals surface area (Å²) in [5.74, 6) is 0. The first-order valence-corrected chi connectivity index (χ1v) is 2.70. The van der Waals surface area contributed by atoms with Crippen LogP contribution in [0.5, 0.6) is 0 Å². The Balaban J connectivity index is 3.61. The zero-order chi connectivity index (χ0) is 6.41. The van der Waals surface area contributed by atoms with Gasteiger partial charge in [-0.25, -0.2) is 0 Å². The molecule has 0 amide bonds. The van der Waals surface area contributed by atoms with E-state index in [-0.39, 0.29) is 0 Å². The van der Waals surface area contributed by atoms with E-state index in [2.05, 4.69) is 4.99 Å². The third-order valence-electron chi connectivity index (χ3n) is 0.745. The lowest BCUT2D eigenvalue weighted by Gasteiger charge is -1.85. The molecule has 46 valence electrons. The Kier molecular flexibility index (Phi) is 3.94. The van der Waals surface area contributed by atoms with Crippen molar-refractivity contribution in [2.24, 2.45) is 10.7 Å². The predicted octanol–water partition coefficient (Wildman–Crippen LogP) is 0.940. The van der Waals surface area contributed by atoms with Crippen LogP contribution in [0.15, 0.2) is 17.3 Å². The summed E-state index contributed by atoms with van der Waals surface area (Å²) in [6.45, 7) is 4.75. The molecular weight excluding hydrogens is 100 g/mol. The van der Waals surface area contributed by atoms with Crippen molar-refractivity contribution in [3.63, 3.8) is 0 Å². The Morgan fingerprint density at radius 2 is 2.38 bits per heavy atom. The third kappa shape index (κ3) is 3.40.